The van der Waals surface area contributed by atoms with Crippen molar-refractivity contribution in [1.29, 1.82) is 0 Å². The predicted molar refractivity (Wildman–Crippen MR) is 70.8 cm³/mol. The minimum atomic E-state index is 0.0970. The van der Waals surface area contributed by atoms with Gasteiger partial charge in [-0.25, -0.2) is 0 Å². The van der Waals surface area contributed by atoms with Crippen LogP contribution in [0.1, 0.15) is 18.5 Å². The lowest BCUT2D eigenvalue weighted by atomic mass is 10.3. The smallest absolute Gasteiger partial charge is 0.275 e. The lowest BCUT2D eigenvalue weighted by Crippen LogP contribution is -3.09. The number of aromatic nitrogens is 1. The second-order valence-corrected chi connectivity index (χ2v) is 5.31. The zero-order chi connectivity index (χ0) is 13.9. The number of hydrogen-bond acceptors (Lipinski definition) is 4. The van der Waals surface area contributed by atoms with Crippen LogP contribution in [0.2, 0.25) is 0 Å². The number of carbonyl (C=O) groups is 1. The van der Waals surface area contributed by atoms with E-state index in [0.717, 1.165) is 23.4 Å². The van der Waals surface area contributed by atoms with Crippen molar-refractivity contribution in [3.63, 3.8) is 0 Å². The molecule has 2 aromatic rings. The van der Waals surface area contributed by atoms with Crippen molar-refractivity contribution < 1.29 is 18.6 Å². The number of quaternary nitrogens is 1. The molecule has 0 aliphatic heterocycles. The average molecular weight is 276 g/mol. The predicted octanol–water partition coefficient (Wildman–Crippen LogP) is 0.228. The van der Waals surface area contributed by atoms with Gasteiger partial charge in [0.1, 0.15) is 12.2 Å². The average Bonchev–Trinajstić information content (AvgIpc) is 2.92. The van der Waals surface area contributed by atoms with E-state index in [9.17, 15) is 4.79 Å². The van der Waals surface area contributed by atoms with Gasteiger partial charge < -0.3 is 19.2 Å². The fourth-order valence-electron chi connectivity index (χ4n) is 2.08. The zero-order valence-corrected chi connectivity index (χ0v) is 11.4. The van der Waals surface area contributed by atoms with Crippen LogP contribution >= 0.6 is 0 Å². The topological polar surface area (TPSA) is 72.7 Å². The summed E-state index contributed by atoms with van der Waals surface area (Å²) in [5.41, 5.74) is 0.813. The molecule has 0 aromatic carbocycles. The highest BCUT2D eigenvalue weighted by molar-refractivity contribution is 5.77. The van der Waals surface area contributed by atoms with Crippen LogP contribution in [0.4, 0.5) is 0 Å². The van der Waals surface area contributed by atoms with Crippen molar-refractivity contribution in [1.82, 2.24) is 10.5 Å². The third-order valence-electron chi connectivity index (χ3n) is 3.21. The third-order valence-corrected chi connectivity index (χ3v) is 3.21. The first-order valence-electron chi connectivity index (χ1n) is 6.81. The molecule has 0 bridgehead atoms. The second kappa shape index (κ2) is 5.50. The molecule has 0 radical (unpaired) electrons. The molecule has 2 heterocycles. The maximum absolute atomic E-state index is 11.7. The van der Waals surface area contributed by atoms with Gasteiger partial charge in [-0.05, 0) is 25.0 Å². The number of furan rings is 1. The number of rotatable bonds is 6. The summed E-state index contributed by atoms with van der Waals surface area (Å²) in [6.07, 6.45) is 3.82. The summed E-state index contributed by atoms with van der Waals surface area (Å²) in [7, 11) is 1.97. The Balaban J connectivity index is 1.53. The molecule has 2 N–H and O–H groups in total. The Kier molecular flexibility index (Phi) is 3.56. The first kappa shape index (κ1) is 12.9. The number of amides is 1. The monoisotopic (exact) mass is 276 g/mol. The fraction of sp³-hybridized carbons (Fsp3) is 0.429. The van der Waals surface area contributed by atoms with Crippen molar-refractivity contribution in [2.24, 2.45) is 0 Å². The molecule has 1 amide bonds. The Bertz CT molecular complexity index is 572. The van der Waals surface area contributed by atoms with Gasteiger partial charge in [0.2, 0.25) is 5.76 Å². The van der Waals surface area contributed by atoms with Crippen LogP contribution in [0, 0.1) is 0 Å². The molecule has 20 heavy (non-hydrogen) atoms. The van der Waals surface area contributed by atoms with Gasteiger partial charge >= 0.3 is 0 Å². The molecule has 1 aliphatic rings. The first-order valence-corrected chi connectivity index (χ1v) is 6.81. The molecule has 1 aliphatic carbocycles. The molecule has 6 nitrogen and oxygen atoms in total. The molecule has 1 fully saturated rings. The van der Waals surface area contributed by atoms with Crippen LogP contribution in [-0.2, 0) is 11.3 Å². The van der Waals surface area contributed by atoms with Crippen LogP contribution in [0.25, 0.3) is 11.5 Å². The normalized spacial score (nSPS) is 16.1. The highest BCUT2D eigenvalue weighted by Crippen LogP contribution is 2.20. The lowest BCUT2D eigenvalue weighted by molar-refractivity contribution is -0.885. The van der Waals surface area contributed by atoms with Crippen molar-refractivity contribution in [3.8, 4) is 11.5 Å². The Hall–Kier alpha value is -2.08. The van der Waals surface area contributed by atoms with E-state index in [-0.39, 0.29) is 5.91 Å². The molecule has 1 unspecified atom stereocenters. The van der Waals surface area contributed by atoms with Crippen LogP contribution in [0.3, 0.4) is 0 Å². The van der Waals surface area contributed by atoms with Crippen LogP contribution in [0.5, 0.6) is 0 Å². The van der Waals surface area contributed by atoms with Gasteiger partial charge in [-0.2, -0.15) is 0 Å². The van der Waals surface area contributed by atoms with E-state index in [1.807, 2.05) is 19.2 Å². The Morgan fingerprint density at radius 2 is 2.35 bits per heavy atom. The maximum Gasteiger partial charge on any atom is 0.275 e. The van der Waals surface area contributed by atoms with E-state index in [4.69, 9.17) is 8.94 Å². The Morgan fingerprint density at radius 1 is 1.50 bits per heavy atom. The van der Waals surface area contributed by atoms with Gasteiger partial charge in [0, 0.05) is 12.1 Å². The van der Waals surface area contributed by atoms with Gasteiger partial charge in [0.05, 0.1) is 13.3 Å². The molecular formula is C14H18N3O3+. The van der Waals surface area contributed by atoms with Crippen LogP contribution < -0.4 is 10.2 Å². The number of carbonyl (C=O) groups excluding carboxylic acids is 1. The molecule has 6 heteroatoms. The van der Waals surface area contributed by atoms with E-state index in [1.165, 1.54) is 0 Å². The fourth-order valence-corrected chi connectivity index (χ4v) is 2.08. The lowest BCUT2D eigenvalue weighted by Gasteiger charge is -2.11. The number of nitrogens with zero attached hydrogens (tertiary/aromatic N) is 1. The highest BCUT2D eigenvalue weighted by Gasteiger charge is 2.24. The van der Waals surface area contributed by atoms with Gasteiger partial charge in [0.15, 0.2) is 12.3 Å². The Morgan fingerprint density at radius 3 is 3.05 bits per heavy atom. The largest absolute Gasteiger partial charge is 0.461 e. The summed E-state index contributed by atoms with van der Waals surface area (Å²) in [5, 5.41) is 6.98. The van der Waals surface area contributed by atoms with Crippen LogP contribution in [-0.4, -0.2) is 30.7 Å². The van der Waals surface area contributed by atoms with Crippen molar-refractivity contribution in [2.45, 2.75) is 25.4 Å². The van der Waals surface area contributed by atoms with E-state index in [1.54, 1.807) is 12.3 Å². The van der Waals surface area contributed by atoms with E-state index >= 15 is 0 Å². The molecule has 2 aromatic heterocycles. The van der Waals surface area contributed by atoms with Gasteiger partial charge in [-0.1, -0.05) is 5.16 Å². The minimum Gasteiger partial charge on any atom is -0.461 e. The molecule has 3 rings (SSSR count). The summed E-state index contributed by atoms with van der Waals surface area (Å²) < 4.78 is 10.5. The summed E-state index contributed by atoms with van der Waals surface area (Å²) in [6, 6.07) is 5.88. The summed E-state index contributed by atoms with van der Waals surface area (Å²) >= 11 is 0. The number of hydrogen-bond donors (Lipinski definition) is 2. The summed E-state index contributed by atoms with van der Waals surface area (Å²) in [6.45, 7) is 1.09. The quantitative estimate of drug-likeness (QED) is 0.792. The molecule has 106 valence electrons. The summed E-state index contributed by atoms with van der Waals surface area (Å²) in [4.78, 5) is 12.8. The van der Waals surface area contributed by atoms with Crippen molar-refractivity contribution in [3.05, 3.63) is 30.2 Å². The van der Waals surface area contributed by atoms with Gasteiger partial charge in [0.25, 0.3) is 5.91 Å². The van der Waals surface area contributed by atoms with E-state index < -0.39 is 0 Å². The second-order valence-electron chi connectivity index (χ2n) is 5.31. The molecule has 1 atom stereocenters. The van der Waals surface area contributed by atoms with Crippen molar-refractivity contribution >= 4 is 5.91 Å². The van der Waals surface area contributed by atoms with Gasteiger partial charge in [-0.15, -0.1) is 0 Å². The SMILES string of the molecule is C[NH+](CC(=O)NC1CC1)Cc1cc(-c2ccco2)on1. The minimum absolute atomic E-state index is 0.0970. The molecule has 0 spiro atoms. The van der Waals surface area contributed by atoms with Crippen LogP contribution in [0.15, 0.2) is 33.4 Å². The van der Waals surface area contributed by atoms with Crippen molar-refractivity contribution in [2.75, 3.05) is 13.6 Å². The maximum atomic E-state index is 11.7. The van der Waals surface area contributed by atoms with E-state index in [0.29, 0.717) is 30.7 Å². The number of likely N-dealkylation sites (N-methyl/N-ethyl adjacent to an activating group) is 1. The number of nitrogens with one attached hydrogen (secondary N) is 2. The standard InChI is InChI=1S/C14H17N3O3/c1-17(9-14(18)15-10-4-5-10)8-11-7-13(20-16-11)12-3-2-6-19-12/h2-3,6-7,10H,4-5,8-9H2,1H3,(H,15,18)/p+1. The summed E-state index contributed by atoms with van der Waals surface area (Å²) in [5.74, 6) is 1.37. The highest BCUT2D eigenvalue weighted by atomic mass is 16.5. The first-order chi connectivity index (χ1) is 9.70. The molecular weight excluding hydrogens is 258 g/mol. The Labute approximate surface area is 116 Å². The molecule has 0 saturated heterocycles. The third kappa shape index (κ3) is 3.27. The zero-order valence-electron chi connectivity index (χ0n) is 11.4. The van der Waals surface area contributed by atoms with E-state index in [2.05, 4.69) is 10.5 Å². The molecule has 1 saturated carbocycles. The van der Waals surface area contributed by atoms with Gasteiger partial charge in [-0.3, -0.25) is 4.79 Å².